The number of ether oxygens (including phenoxy) is 1. The quantitative estimate of drug-likeness (QED) is 0.373. The maximum absolute atomic E-state index is 6.67. The molecule has 0 amide bonds. The number of halogens is 2. The molecule has 4 aromatic rings. The third-order valence-corrected chi connectivity index (χ3v) is 6.52. The number of hydrogen-bond donors (Lipinski definition) is 1. The summed E-state index contributed by atoms with van der Waals surface area (Å²) in [5.41, 5.74) is 6.10. The summed E-state index contributed by atoms with van der Waals surface area (Å²) in [5.74, 6) is 1.47. The number of benzene rings is 3. The van der Waals surface area contributed by atoms with Gasteiger partial charge in [0.25, 0.3) is 0 Å². The number of nitrogens with zero attached hydrogens (tertiary/aromatic N) is 3. The molecule has 0 radical (unpaired) electrons. The minimum absolute atomic E-state index is 0.213. The van der Waals surface area contributed by atoms with E-state index in [2.05, 4.69) is 52.7 Å². The van der Waals surface area contributed by atoms with E-state index in [9.17, 15) is 0 Å². The average Bonchev–Trinajstić information content (AvgIpc) is 3.26. The Bertz CT molecular complexity index is 1380. The monoisotopic (exact) mass is 460 g/mol. The fraction of sp³-hybridized carbons (Fsp3) is 0.120. The average molecular weight is 461 g/mol. The van der Waals surface area contributed by atoms with Crippen molar-refractivity contribution in [2.24, 2.45) is 0 Å². The van der Waals surface area contributed by atoms with Crippen LogP contribution in [0.1, 0.15) is 34.4 Å². The van der Waals surface area contributed by atoms with Gasteiger partial charge in [0, 0.05) is 26.7 Å². The predicted octanol–water partition coefficient (Wildman–Crippen LogP) is 6.45. The van der Waals surface area contributed by atoms with Gasteiger partial charge in [0.1, 0.15) is 18.1 Å². The van der Waals surface area contributed by atoms with E-state index in [1.807, 2.05) is 35.0 Å². The first-order valence-corrected chi connectivity index (χ1v) is 11.0. The number of aromatic nitrogens is 3. The summed E-state index contributed by atoms with van der Waals surface area (Å²) in [6, 6.07) is 21.8. The van der Waals surface area contributed by atoms with Crippen molar-refractivity contribution < 1.29 is 4.74 Å². The molecule has 0 unspecified atom stereocenters. The van der Waals surface area contributed by atoms with Crippen LogP contribution in [-0.4, -0.2) is 14.8 Å². The van der Waals surface area contributed by atoms with E-state index >= 15 is 0 Å². The molecule has 5 nitrogen and oxygen atoms in total. The smallest absolute Gasteiger partial charge is 0.226 e. The summed E-state index contributed by atoms with van der Waals surface area (Å²) >= 11 is 12.9. The Balaban J connectivity index is 1.64. The highest BCUT2D eigenvalue weighted by molar-refractivity contribution is 6.35. The van der Waals surface area contributed by atoms with Gasteiger partial charge in [0.15, 0.2) is 6.10 Å². The van der Waals surface area contributed by atoms with Gasteiger partial charge in [-0.05, 0) is 36.8 Å². The van der Waals surface area contributed by atoms with E-state index in [4.69, 9.17) is 27.9 Å². The third kappa shape index (κ3) is 3.00. The SMILES string of the molecule is Cc1ccc([C@@H]2C3=C(Nc4ncnn42)c2ccccc2O[C@H]3c2ccc(Cl)cc2Cl)cc1. The molecule has 7 heteroatoms. The molecule has 3 aromatic carbocycles. The van der Waals surface area contributed by atoms with Crippen LogP contribution in [0, 0.1) is 6.92 Å². The number of para-hydroxylation sites is 1. The molecule has 1 N–H and O–H groups in total. The Morgan fingerprint density at radius 2 is 1.81 bits per heavy atom. The van der Waals surface area contributed by atoms with Gasteiger partial charge in [-0.25, -0.2) is 4.68 Å². The lowest BCUT2D eigenvalue weighted by Crippen LogP contribution is -2.32. The standard InChI is InChI=1S/C25H18Cl2N4O/c1-14-6-8-15(9-7-14)23-21-22(30-25-28-13-29-31(23)25)18-4-2-3-5-20(18)32-24(21)17-11-10-16(26)12-19(17)27/h2-13,23-24H,1H3,(H,28,29,30)/t23-,24+/m1/s1. The largest absolute Gasteiger partial charge is 0.480 e. The molecular weight excluding hydrogens is 443 g/mol. The van der Waals surface area contributed by atoms with Crippen LogP contribution < -0.4 is 10.1 Å². The van der Waals surface area contributed by atoms with Crippen LogP contribution in [-0.2, 0) is 0 Å². The molecule has 0 fully saturated rings. The van der Waals surface area contributed by atoms with Crippen LogP contribution in [0.2, 0.25) is 10.0 Å². The molecule has 1 aromatic heterocycles. The molecule has 0 spiro atoms. The van der Waals surface area contributed by atoms with Crippen molar-refractivity contribution in [3.05, 3.63) is 111 Å². The number of rotatable bonds is 2. The Labute approximate surface area is 195 Å². The van der Waals surface area contributed by atoms with Gasteiger partial charge in [0.2, 0.25) is 5.95 Å². The second-order valence-electron chi connectivity index (χ2n) is 7.96. The molecule has 0 aliphatic carbocycles. The zero-order valence-electron chi connectivity index (χ0n) is 17.1. The highest BCUT2D eigenvalue weighted by Crippen LogP contribution is 2.51. The molecular formula is C25H18Cl2N4O. The molecule has 0 saturated heterocycles. The Morgan fingerprint density at radius 1 is 1.00 bits per heavy atom. The topological polar surface area (TPSA) is 52.0 Å². The highest BCUT2D eigenvalue weighted by Gasteiger charge is 2.41. The first kappa shape index (κ1) is 19.4. The van der Waals surface area contributed by atoms with E-state index in [-0.39, 0.29) is 6.04 Å². The van der Waals surface area contributed by atoms with E-state index < -0.39 is 6.10 Å². The molecule has 0 saturated carbocycles. The molecule has 2 aliphatic heterocycles. The van der Waals surface area contributed by atoms with Crippen LogP contribution in [0.4, 0.5) is 5.95 Å². The van der Waals surface area contributed by atoms with Crippen molar-refractivity contribution in [3.63, 3.8) is 0 Å². The van der Waals surface area contributed by atoms with E-state index in [0.717, 1.165) is 33.7 Å². The van der Waals surface area contributed by atoms with E-state index in [0.29, 0.717) is 16.0 Å². The normalized spacial score (nSPS) is 18.8. The maximum atomic E-state index is 6.67. The highest BCUT2D eigenvalue weighted by atomic mass is 35.5. The second kappa shape index (κ2) is 7.40. The third-order valence-electron chi connectivity index (χ3n) is 5.96. The second-order valence-corrected chi connectivity index (χ2v) is 8.80. The summed E-state index contributed by atoms with van der Waals surface area (Å²) < 4.78 is 8.49. The van der Waals surface area contributed by atoms with Crippen molar-refractivity contribution in [3.8, 4) is 5.75 Å². The van der Waals surface area contributed by atoms with E-state index in [1.54, 1.807) is 12.4 Å². The first-order valence-electron chi connectivity index (χ1n) is 10.3. The van der Waals surface area contributed by atoms with Gasteiger partial charge in [-0.2, -0.15) is 10.1 Å². The number of fused-ring (bicyclic) bond motifs is 3. The van der Waals surface area contributed by atoms with Gasteiger partial charge in [-0.3, -0.25) is 0 Å². The summed E-state index contributed by atoms with van der Waals surface area (Å²) in [6.07, 6.45) is 1.14. The zero-order valence-corrected chi connectivity index (χ0v) is 18.6. The maximum Gasteiger partial charge on any atom is 0.226 e. The lowest BCUT2D eigenvalue weighted by molar-refractivity contribution is 0.223. The Hall–Kier alpha value is -3.28. The van der Waals surface area contributed by atoms with Crippen molar-refractivity contribution in [2.45, 2.75) is 19.1 Å². The molecule has 2 aliphatic rings. The lowest BCUT2D eigenvalue weighted by atomic mass is 9.84. The summed E-state index contributed by atoms with van der Waals surface area (Å²) in [5, 5.41) is 9.18. The predicted molar refractivity (Wildman–Crippen MR) is 126 cm³/mol. The number of aryl methyl sites for hydroxylation is 1. The minimum atomic E-state index is -0.430. The van der Waals surface area contributed by atoms with Gasteiger partial charge in [-0.15, -0.1) is 0 Å². The summed E-state index contributed by atoms with van der Waals surface area (Å²) in [4.78, 5) is 4.46. The van der Waals surface area contributed by atoms with Gasteiger partial charge >= 0.3 is 0 Å². The molecule has 3 heterocycles. The minimum Gasteiger partial charge on any atom is -0.480 e. The summed E-state index contributed by atoms with van der Waals surface area (Å²) in [7, 11) is 0. The Kier molecular flexibility index (Phi) is 4.49. The van der Waals surface area contributed by atoms with Crippen molar-refractivity contribution in [1.29, 1.82) is 0 Å². The first-order chi connectivity index (χ1) is 15.6. The number of nitrogens with one attached hydrogen (secondary N) is 1. The van der Waals surface area contributed by atoms with Crippen molar-refractivity contribution in [2.75, 3.05) is 5.32 Å². The van der Waals surface area contributed by atoms with Crippen molar-refractivity contribution in [1.82, 2.24) is 14.8 Å². The van der Waals surface area contributed by atoms with Crippen LogP contribution in [0.15, 0.2) is 78.6 Å². The Morgan fingerprint density at radius 3 is 2.62 bits per heavy atom. The van der Waals surface area contributed by atoms with Crippen molar-refractivity contribution >= 4 is 34.8 Å². The molecule has 32 heavy (non-hydrogen) atoms. The van der Waals surface area contributed by atoms with Crippen LogP contribution in [0.25, 0.3) is 5.70 Å². The van der Waals surface area contributed by atoms with Gasteiger partial charge < -0.3 is 10.1 Å². The van der Waals surface area contributed by atoms with E-state index in [1.165, 1.54) is 5.56 Å². The van der Waals surface area contributed by atoms with Crippen LogP contribution >= 0.6 is 23.2 Å². The number of hydrogen-bond acceptors (Lipinski definition) is 4. The number of anilines is 1. The van der Waals surface area contributed by atoms with Gasteiger partial charge in [0.05, 0.1) is 5.70 Å². The lowest BCUT2D eigenvalue weighted by Gasteiger charge is -2.39. The fourth-order valence-electron chi connectivity index (χ4n) is 4.46. The zero-order chi connectivity index (χ0) is 21.8. The van der Waals surface area contributed by atoms with Crippen LogP contribution in [0.5, 0.6) is 5.75 Å². The fourth-order valence-corrected chi connectivity index (χ4v) is 4.97. The molecule has 0 bridgehead atoms. The summed E-state index contributed by atoms with van der Waals surface area (Å²) in [6.45, 7) is 2.08. The van der Waals surface area contributed by atoms with Crippen LogP contribution in [0.3, 0.4) is 0 Å². The molecule has 2 atom stereocenters. The molecule has 6 rings (SSSR count). The van der Waals surface area contributed by atoms with Gasteiger partial charge in [-0.1, -0.05) is 71.2 Å². The molecule has 158 valence electrons.